The molecule has 0 unspecified atom stereocenters. The molecule has 2 amide bonds. The van der Waals surface area contributed by atoms with Crippen LogP contribution in [0.15, 0.2) is 30.3 Å². The van der Waals surface area contributed by atoms with Gasteiger partial charge in [-0.15, -0.1) is 0 Å². The summed E-state index contributed by atoms with van der Waals surface area (Å²) in [6.45, 7) is -0.253. The first-order valence-corrected chi connectivity index (χ1v) is 8.83. The molecule has 0 saturated heterocycles. The number of unbranched alkanes of at least 4 members (excludes halogenated alkanes) is 1. The van der Waals surface area contributed by atoms with Gasteiger partial charge in [-0.3, -0.25) is 9.59 Å². The lowest BCUT2D eigenvalue weighted by atomic mass is 10.0. The Morgan fingerprint density at radius 3 is 2.19 bits per heavy atom. The van der Waals surface area contributed by atoms with Crippen LogP contribution >= 0.6 is 0 Å². The van der Waals surface area contributed by atoms with Gasteiger partial charge in [0.2, 0.25) is 11.8 Å². The van der Waals surface area contributed by atoms with Crippen LogP contribution in [0.1, 0.15) is 24.8 Å². The van der Waals surface area contributed by atoms with Gasteiger partial charge >= 0.3 is 5.97 Å². The van der Waals surface area contributed by atoms with Gasteiger partial charge in [0.05, 0.1) is 12.6 Å². The molecular formula is C18H28N4O5. The molecule has 0 spiro atoms. The molecule has 9 heteroatoms. The van der Waals surface area contributed by atoms with Gasteiger partial charge in [-0.05, 0) is 24.9 Å². The van der Waals surface area contributed by atoms with E-state index >= 15 is 0 Å². The maximum Gasteiger partial charge on any atom is 0.328 e. The van der Waals surface area contributed by atoms with Crippen LogP contribution in [-0.2, 0) is 20.8 Å². The van der Waals surface area contributed by atoms with E-state index in [1.54, 1.807) is 24.3 Å². The average molecular weight is 380 g/mol. The van der Waals surface area contributed by atoms with Crippen LogP contribution in [0, 0.1) is 0 Å². The van der Waals surface area contributed by atoms with Crippen molar-refractivity contribution in [1.82, 2.24) is 10.6 Å². The molecule has 1 rings (SSSR count). The Hall–Kier alpha value is -2.49. The van der Waals surface area contributed by atoms with E-state index in [9.17, 15) is 14.4 Å². The van der Waals surface area contributed by atoms with Crippen LogP contribution in [0.2, 0.25) is 0 Å². The van der Waals surface area contributed by atoms with Crippen molar-refractivity contribution in [2.75, 3.05) is 13.2 Å². The van der Waals surface area contributed by atoms with Gasteiger partial charge in [0, 0.05) is 6.42 Å². The number of hydrogen-bond acceptors (Lipinski definition) is 6. The van der Waals surface area contributed by atoms with E-state index < -0.39 is 42.5 Å². The van der Waals surface area contributed by atoms with Crippen LogP contribution in [0.4, 0.5) is 0 Å². The predicted molar refractivity (Wildman–Crippen MR) is 99.6 cm³/mol. The molecule has 0 heterocycles. The van der Waals surface area contributed by atoms with Crippen molar-refractivity contribution in [2.24, 2.45) is 11.5 Å². The summed E-state index contributed by atoms with van der Waals surface area (Å²) < 4.78 is 0. The minimum Gasteiger partial charge on any atom is -0.480 e. The Labute approximate surface area is 158 Å². The molecule has 1 aromatic rings. The number of aliphatic carboxylic acids is 1. The van der Waals surface area contributed by atoms with E-state index in [1.165, 1.54) is 0 Å². The summed E-state index contributed by atoms with van der Waals surface area (Å²) in [5.41, 5.74) is 12.1. The zero-order valence-electron chi connectivity index (χ0n) is 15.1. The van der Waals surface area contributed by atoms with Gasteiger partial charge in [-0.2, -0.15) is 0 Å². The highest BCUT2D eigenvalue weighted by Crippen LogP contribution is 2.05. The number of rotatable bonds is 12. The molecule has 8 N–H and O–H groups in total. The first kappa shape index (κ1) is 22.6. The second-order valence-electron chi connectivity index (χ2n) is 6.22. The molecule has 9 nitrogen and oxygen atoms in total. The summed E-state index contributed by atoms with van der Waals surface area (Å²) in [5.74, 6) is -2.57. The van der Waals surface area contributed by atoms with Crippen LogP contribution < -0.4 is 22.1 Å². The molecule has 0 bridgehead atoms. The van der Waals surface area contributed by atoms with E-state index in [0.29, 0.717) is 19.4 Å². The molecule has 0 aromatic heterocycles. The molecule has 0 aliphatic carbocycles. The van der Waals surface area contributed by atoms with Gasteiger partial charge in [0.1, 0.15) is 12.1 Å². The Bertz CT molecular complexity index is 611. The summed E-state index contributed by atoms with van der Waals surface area (Å²) in [6.07, 6.45) is 2.01. The van der Waals surface area contributed by atoms with Crippen molar-refractivity contribution in [3.8, 4) is 0 Å². The van der Waals surface area contributed by atoms with Crippen LogP contribution in [-0.4, -0.2) is 59.3 Å². The van der Waals surface area contributed by atoms with E-state index in [0.717, 1.165) is 12.0 Å². The molecule has 1 aromatic carbocycles. The van der Waals surface area contributed by atoms with E-state index in [1.807, 2.05) is 6.07 Å². The third-order valence-electron chi connectivity index (χ3n) is 4.02. The van der Waals surface area contributed by atoms with E-state index in [4.69, 9.17) is 21.7 Å². The van der Waals surface area contributed by atoms with Gasteiger partial charge in [0.15, 0.2) is 0 Å². The Morgan fingerprint density at radius 1 is 1.00 bits per heavy atom. The minimum absolute atomic E-state index is 0.158. The first-order chi connectivity index (χ1) is 12.9. The molecule has 0 aliphatic heterocycles. The van der Waals surface area contributed by atoms with Crippen molar-refractivity contribution in [1.29, 1.82) is 0 Å². The number of amides is 2. The highest BCUT2D eigenvalue weighted by Gasteiger charge is 2.27. The quantitative estimate of drug-likeness (QED) is 0.246. The topological polar surface area (TPSA) is 168 Å². The fraction of sp³-hybridized carbons (Fsp3) is 0.500. The molecule has 27 heavy (non-hydrogen) atoms. The average Bonchev–Trinajstić information content (AvgIpc) is 2.65. The standard InChI is InChI=1S/C18H28N4O5/c19-9-5-4-8-13(20)16(24)21-14(10-12-6-2-1-3-7-12)17(25)22-15(11-23)18(26)27/h1-3,6-7,13-15,23H,4-5,8-11,19-20H2,(H,21,24)(H,22,25)(H,26,27)/t13-,14-,15-/m0/s1. The van der Waals surface area contributed by atoms with Crippen molar-refractivity contribution >= 4 is 17.8 Å². The first-order valence-electron chi connectivity index (χ1n) is 8.83. The highest BCUT2D eigenvalue weighted by molar-refractivity contribution is 5.92. The highest BCUT2D eigenvalue weighted by atomic mass is 16.4. The molecule has 0 saturated carbocycles. The van der Waals surface area contributed by atoms with Gasteiger partial charge in [0.25, 0.3) is 0 Å². The van der Waals surface area contributed by atoms with Gasteiger partial charge < -0.3 is 32.3 Å². The summed E-state index contributed by atoms with van der Waals surface area (Å²) >= 11 is 0. The maximum absolute atomic E-state index is 12.5. The number of aliphatic hydroxyl groups excluding tert-OH is 1. The number of carbonyl (C=O) groups is 3. The van der Waals surface area contributed by atoms with Crippen molar-refractivity contribution in [2.45, 2.75) is 43.8 Å². The van der Waals surface area contributed by atoms with Crippen molar-refractivity contribution in [3.63, 3.8) is 0 Å². The Kier molecular flexibility index (Phi) is 10.0. The fourth-order valence-electron chi connectivity index (χ4n) is 2.44. The normalized spacial score (nSPS) is 14.0. The Morgan fingerprint density at radius 2 is 1.63 bits per heavy atom. The number of aliphatic hydroxyl groups is 1. The number of carbonyl (C=O) groups excluding carboxylic acids is 2. The second kappa shape index (κ2) is 12.0. The van der Waals surface area contributed by atoms with E-state index in [2.05, 4.69) is 10.6 Å². The smallest absolute Gasteiger partial charge is 0.328 e. The number of hydrogen-bond donors (Lipinski definition) is 6. The SMILES string of the molecule is NCCCC[C@H](N)C(=O)N[C@@H](Cc1ccccc1)C(=O)N[C@@H](CO)C(=O)O. The molecule has 0 fully saturated rings. The summed E-state index contributed by atoms with van der Waals surface area (Å²) in [7, 11) is 0. The van der Waals surface area contributed by atoms with Crippen LogP contribution in [0.3, 0.4) is 0 Å². The largest absolute Gasteiger partial charge is 0.480 e. The number of carboxylic acids is 1. The summed E-state index contributed by atoms with van der Waals surface area (Å²) in [6, 6.07) is 5.70. The van der Waals surface area contributed by atoms with E-state index in [-0.39, 0.29) is 6.42 Å². The summed E-state index contributed by atoms with van der Waals surface area (Å²) in [5, 5.41) is 22.9. The number of nitrogens with two attached hydrogens (primary N) is 2. The molecule has 3 atom stereocenters. The lowest BCUT2D eigenvalue weighted by Gasteiger charge is -2.22. The molecule has 0 aliphatic rings. The monoisotopic (exact) mass is 380 g/mol. The van der Waals surface area contributed by atoms with Crippen molar-refractivity contribution < 1.29 is 24.6 Å². The maximum atomic E-state index is 12.5. The number of carboxylic acid groups (broad SMARTS) is 1. The second-order valence-corrected chi connectivity index (χ2v) is 6.22. The molecule has 0 radical (unpaired) electrons. The van der Waals surface area contributed by atoms with Gasteiger partial charge in [-0.1, -0.05) is 36.8 Å². The predicted octanol–water partition coefficient (Wildman–Crippen LogP) is -1.27. The number of benzene rings is 1. The Balaban J connectivity index is 2.82. The lowest BCUT2D eigenvalue weighted by molar-refractivity contribution is -0.143. The van der Waals surface area contributed by atoms with Crippen LogP contribution in [0.25, 0.3) is 0 Å². The molecule has 150 valence electrons. The minimum atomic E-state index is -1.45. The fourth-order valence-corrected chi connectivity index (χ4v) is 2.44. The zero-order chi connectivity index (χ0) is 20.2. The third kappa shape index (κ3) is 8.16. The zero-order valence-corrected chi connectivity index (χ0v) is 15.1. The summed E-state index contributed by atoms with van der Waals surface area (Å²) in [4.78, 5) is 35.8. The lowest BCUT2D eigenvalue weighted by Crippen LogP contribution is -2.55. The third-order valence-corrected chi connectivity index (χ3v) is 4.02. The van der Waals surface area contributed by atoms with Gasteiger partial charge in [-0.25, -0.2) is 4.79 Å². The van der Waals surface area contributed by atoms with Crippen LogP contribution in [0.5, 0.6) is 0 Å². The molecular weight excluding hydrogens is 352 g/mol. The van der Waals surface area contributed by atoms with Crippen molar-refractivity contribution in [3.05, 3.63) is 35.9 Å². The number of nitrogens with one attached hydrogen (secondary N) is 2.